The number of nitrogens with zero attached hydrogens (tertiary/aromatic N) is 1. The topological polar surface area (TPSA) is 12.9 Å². The summed E-state index contributed by atoms with van der Waals surface area (Å²) in [5, 5.41) is 3.94. The van der Waals surface area contributed by atoms with Gasteiger partial charge in [-0.15, -0.1) is 23.1 Å². The molecule has 124 valence electrons. The van der Waals surface area contributed by atoms with E-state index in [1.165, 1.54) is 10.5 Å². The average Bonchev–Trinajstić information content (AvgIpc) is 3.02. The second-order valence-corrected chi connectivity index (χ2v) is 9.06. The van der Waals surface area contributed by atoms with E-state index in [9.17, 15) is 0 Å². The molecule has 1 aromatic heterocycles. The number of benzene rings is 2. The molecule has 0 radical (unpaired) electrons. The van der Waals surface area contributed by atoms with Crippen molar-refractivity contribution in [2.75, 3.05) is 0 Å². The van der Waals surface area contributed by atoms with Gasteiger partial charge in [-0.25, -0.2) is 4.98 Å². The molecule has 3 aromatic rings. The number of aromatic nitrogens is 1. The molecule has 0 amide bonds. The van der Waals surface area contributed by atoms with Crippen LogP contribution < -0.4 is 0 Å². The predicted molar refractivity (Wildman–Crippen MR) is 107 cm³/mol. The predicted octanol–water partition coefficient (Wildman–Crippen LogP) is 7.05. The fourth-order valence-electron chi connectivity index (χ4n) is 2.31. The van der Waals surface area contributed by atoms with E-state index in [-0.39, 0.29) is 5.41 Å². The van der Waals surface area contributed by atoms with E-state index in [0.717, 1.165) is 27.0 Å². The lowest BCUT2D eigenvalue weighted by molar-refractivity contribution is 0.590. The molecule has 3 rings (SSSR count). The first kappa shape index (κ1) is 17.5. The number of thiazole rings is 1. The Kier molecular flexibility index (Phi) is 5.33. The molecule has 2 aromatic carbocycles. The summed E-state index contributed by atoms with van der Waals surface area (Å²) in [6, 6.07) is 16.7. The molecule has 4 heteroatoms. The number of rotatable bonds is 4. The lowest BCUT2D eigenvalue weighted by Crippen LogP contribution is -2.10. The lowest BCUT2D eigenvalue weighted by atomic mass is 9.87. The summed E-state index contributed by atoms with van der Waals surface area (Å²) in [6.07, 6.45) is 0. The molecule has 0 aliphatic heterocycles. The maximum atomic E-state index is 5.94. The van der Waals surface area contributed by atoms with Gasteiger partial charge in [0.05, 0.1) is 5.69 Å². The molecule has 0 aliphatic rings. The zero-order valence-corrected chi connectivity index (χ0v) is 16.4. The largest absolute Gasteiger partial charge is 0.240 e. The molecule has 0 atom stereocenters. The van der Waals surface area contributed by atoms with Gasteiger partial charge in [-0.05, 0) is 35.2 Å². The highest BCUT2D eigenvalue weighted by Gasteiger charge is 2.13. The molecule has 0 fully saturated rings. The maximum absolute atomic E-state index is 5.94. The first-order valence-electron chi connectivity index (χ1n) is 7.85. The smallest absolute Gasteiger partial charge is 0.123 e. The van der Waals surface area contributed by atoms with Gasteiger partial charge in [0.15, 0.2) is 0 Å². The zero-order valence-electron chi connectivity index (χ0n) is 14.0. The molecule has 0 unspecified atom stereocenters. The third kappa shape index (κ3) is 4.41. The standard InChI is InChI=1S/C20H20ClNS2/c1-20(2,3)15-6-10-18(11-7-15)23-12-17-13-24-19(22-17)14-4-8-16(21)9-5-14/h4-11,13H,12H2,1-3H3. The van der Waals surface area contributed by atoms with Crippen molar-refractivity contribution in [2.24, 2.45) is 0 Å². The van der Waals surface area contributed by atoms with Crippen LogP contribution in [0.25, 0.3) is 10.6 Å². The van der Waals surface area contributed by atoms with E-state index in [0.29, 0.717) is 0 Å². The van der Waals surface area contributed by atoms with Crippen LogP contribution >= 0.6 is 34.7 Å². The third-order valence-corrected chi connectivity index (χ3v) is 5.99. The van der Waals surface area contributed by atoms with Crippen molar-refractivity contribution in [3.05, 3.63) is 70.2 Å². The van der Waals surface area contributed by atoms with Crippen LogP contribution in [0.4, 0.5) is 0 Å². The Morgan fingerprint density at radius 1 is 1.00 bits per heavy atom. The molecular formula is C20H20ClNS2. The molecule has 1 heterocycles. The van der Waals surface area contributed by atoms with Crippen LogP contribution in [0.1, 0.15) is 32.0 Å². The molecule has 0 aliphatic carbocycles. The van der Waals surface area contributed by atoms with Crippen molar-refractivity contribution < 1.29 is 0 Å². The summed E-state index contributed by atoms with van der Waals surface area (Å²) in [4.78, 5) is 6.02. The van der Waals surface area contributed by atoms with Gasteiger partial charge in [0.2, 0.25) is 0 Å². The van der Waals surface area contributed by atoms with E-state index in [1.54, 1.807) is 11.3 Å². The Hall–Kier alpha value is -1.29. The first-order valence-corrected chi connectivity index (χ1v) is 10.1. The zero-order chi connectivity index (χ0) is 17.2. The Bertz CT molecular complexity index is 799. The van der Waals surface area contributed by atoms with Crippen LogP contribution in [0.5, 0.6) is 0 Å². The Morgan fingerprint density at radius 2 is 1.67 bits per heavy atom. The van der Waals surface area contributed by atoms with E-state index in [2.05, 4.69) is 50.4 Å². The van der Waals surface area contributed by atoms with Crippen LogP contribution in [0.3, 0.4) is 0 Å². The molecular weight excluding hydrogens is 354 g/mol. The van der Waals surface area contributed by atoms with Crippen LogP contribution in [0.2, 0.25) is 5.02 Å². The van der Waals surface area contributed by atoms with Gasteiger partial charge in [-0.2, -0.15) is 0 Å². The third-order valence-electron chi connectivity index (χ3n) is 3.75. The van der Waals surface area contributed by atoms with Gasteiger partial charge in [0.1, 0.15) is 5.01 Å². The minimum Gasteiger partial charge on any atom is -0.240 e. The normalized spacial score (nSPS) is 11.7. The summed E-state index contributed by atoms with van der Waals surface area (Å²) < 4.78 is 0. The highest BCUT2D eigenvalue weighted by atomic mass is 35.5. The van der Waals surface area contributed by atoms with Gasteiger partial charge < -0.3 is 0 Å². The number of thioether (sulfide) groups is 1. The molecule has 0 N–H and O–H groups in total. The molecule has 0 saturated heterocycles. The van der Waals surface area contributed by atoms with E-state index < -0.39 is 0 Å². The molecule has 1 nitrogen and oxygen atoms in total. The quantitative estimate of drug-likeness (QED) is 0.454. The molecule has 0 bridgehead atoms. The fourth-order valence-corrected chi connectivity index (χ4v) is 4.16. The summed E-state index contributed by atoms with van der Waals surface area (Å²) in [6.45, 7) is 6.72. The van der Waals surface area contributed by atoms with Crippen molar-refractivity contribution in [3.8, 4) is 10.6 Å². The second-order valence-electron chi connectivity index (χ2n) is 6.71. The summed E-state index contributed by atoms with van der Waals surface area (Å²) in [5.74, 6) is 0.888. The van der Waals surface area contributed by atoms with Crippen LogP contribution in [0.15, 0.2) is 58.8 Å². The van der Waals surface area contributed by atoms with Gasteiger partial charge in [0, 0.05) is 26.6 Å². The summed E-state index contributed by atoms with van der Waals surface area (Å²) in [5.41, 5.74) is 3.81. The minimum atomic E-state index is 0.200. The molecule has 0 saturated carbocycles. The van der Waals surface area contributed by atoms with Crippen LogP contribution in [-0.4, -0.2) is 4.98 Å². The van der Waals surface area contributed by atoms with Gasteiger partial charge >= 0.3 is 0 Å². The maximum Gasteiger partial charge on any atom is 0.123 e. The Balaban J connectivity index is 1.64. The lowest BCUT2D eigenvalue weighted by Gasteiger charge is -2.18. The highest BCUT2D eigenvalue weighted by molar-refractivity contribution is 7.98. The monoisotopic (exact) mass is 373 g/mol. The van der Waals surface area contributed by atoms with Gasteiger partial charge in [0.25, 0.3) is 0 Å². The van der Waals surface area contributed by atoms with Crippen molar-refractivity contribution in [1.29, 1.82) is 0 Å². The first-order chi connectivity index (χ1) is 11.4. The van der Waals surface area contributed by atoms with Crippen molar-refractivity contribution >= 4 is 34.7 Å². The van der Waals surface area contributed by atoms with Crippen molar-refractivity contribution in [3.63, 3.8) is 0 Å². The summed E-state index contributed by atoms with van der Waals surface area (Å²) in [7, 11) is 0. The van der Waals surface area contributed by atoms with Crippen LogP contribution in [-0.2, 0) is 11.2 Å². The number of halogens is 1. The Morgan fingerprint density at radius 3 is 2.29 bits per heavy atom. The average molecular weight is 374 g/mol. The highest BCUT2D eigenvalue weighted by Crippen LogP contribution is 2.30. The number of hydrogen-bond donors (Lipinski definition) is 0. The van der Waals surface area contributed by atoms with E-state index in [1.807, 2.05) is 36.0 Å². The van der Waals surface area contributed by atoms with Crippen LogP contribution in [0, 0.1) is 0 Å². The van der Waals surface area contributed by atoms with Gasteiger partial charge in [-0.3, -0.25) is 0 Å². The molecule has 0 spiro atoms. The Labute approximate surface area is 157 Å². The van der Waals surface area contributed by atoms with Gasteiger partial charge in [-0.1, -0.05) is 56.6 Å². The van der Waals surface area contributed by atoms with E-state index in [4.69, 9.17) is 16.6 Å². The van der Waals surface area contributed by atoms with Crippen molar-refractivity contribution in [2.45, 2.75) is 36.8 Å². The molecule has 24 heavy (non-hydrogen) atoms. The summed E-state index contributed by atoms with van der Waals surface area (Å²) >= 11 is 9.45. The van der Waals surface area contributed by atoms with Crippen molar-refractivity contribution in [1.82, 2.24) is 4.98 Å². The number of hydrogen-bond acceptors (Lipinski definition) is 3. The minimum absolute atomic E-state index is 0.200. The second kappa shape index (κ2) is 7.30. The SMILES string of the molecule is CC(C)(C)c1ccc(SCc2csc(-c3ccc(Cl)cc3)n2)cc1. The van der Waals surface area contributed by atoms with E-state index >= 15 is 0 Å². The fraction of sp³-hybridized carbons (Fsp3) is 0.250.